The molecule has 1 aliphatic carbocycles. The summed E-state index contributed by atoms with van der Waals surface area (Å²) in [5, 5.41) is 9.63. The Morgan fingerprint density at radius 3 is 2.41 bits per heavy atom. The molecular weight excluding hydrogens is 444 g/mol. The molecule has 0 bridgehead atoms. The number of ether oxygens (including phenoxy) is 2. The van der Waals surface area contributed by atoms with Crippen molar-refractivity contribution >= 4 is 29.3 Å². The van der Waals surface area contributed by atoms with Gasteiger partial charge < -0.3 is 14.6 Å². The van der Waals surface area contributed by atoms with Crippen LogP contribution in [0.2, 0.25) is 5.02 Å². The Morgan fingerprint density at radius 2 is 1.69 bits per heavy atom. The summed E-state index contributed by atoms with van der Waals surface area (Å²) in [6, 6.07) is 17.9. The van der Waals surface area contributed by atoms with Crippen molar-refractivity contribution in [2.75, 3.05) is 6.61 Å². The second-order valence-electron chi connectivity index (χ2n) is 7.88. The third-order valence-electron chi connectivity index (χ3n) is 5.44. The summed E-state index contributed by atoms with van der Waals surface area (Å²) in [6.07, 6.45) is 4.07. The molecule has 0 radical (unpaired) electrons. The van der Waals surface area contributed by atoms with E-state index < -0.39 is 5.97 Å². The first kappa shape index (κ1) is 22.6. The molecule has 3 aromatic carbocycles. The van der Waals surface area contributed by atoms with E-state index >= 15 is 0 Å². The smallest absolute Gasteiger partial charge is 0.341 e. The molecule has 32 heavy (non-hydrogen) atoms. The van der Waals surface area contributed by atoms with Crippen LogP contribution in [0.1, 0.15) is 35.1 Å². The molecule has 0 fully saturated rings. The zero-order valence-electron chi connectivity index (χ0n) is 17.9. The molecular formula is C26H25ClO4S. The van der Waals surface area contributed by atoms with Crippen LogP contribution in [0.5, 0.6) is 11.5 Å². The molecule has 0 unspecified atom stereocenters. The third-order valence-corrected chi connectivity index (χ3v) is 7.05. The van der Waals surface area contributed by atoms with E-state index in [9.17, 15) is 4.79 Å². The highest BCUT2D eigenvalue weighted by Crippen LogP contribution is 2.41. The van der Waals surface area contributed by atoms with E-state index in [2.05, 4.69) is 0 Å². The molecule has 6 heteroatoms. The van der Waals surface area contributed by atoms with Gasteiger partial charge in [0.2, 0.25) is 0 Å². The molecule has 4 nitrogen and oxygen atoms in total. The van der Waals surface area contributed by atoms with Gasteiger partial charge in [-0.25, -0.2) is 4.79 Å². The van der Waals surface area contributed by atoms with Crippen molar-refractivity contribution in [2.24, 2.45) is 0 Å². The van der Waals surface area contributed by atoms with Gasteiger partial charge >= 0.3 is 5.97 Å². The minimum atomic E-state index is -0.966. The average molecular weight is 469 g/mol. The van der Waals surface area contributed by atoms with Gasteiger partial charge in [-0.1, -0.05) is 47.1 Å². The largest absolute Gasteiger partial charge is 0.489 e. The average Bonchev–Trinajstić information content (AvgIpc) is 2.79. The summed E-state index contributed by atoms with van der Waals surface area (Å²) in [5.74, 6) is 0.550. The molecule has 0 aromatic heterocycles. The number of rotatable bonds is 8. The molecule has 0 spiro atoms. The van der Waals surface area contributed by atoms with Crippen LogP contribution in [0.3, 0.4) is 0 Å². The molecule has 0 heterocycles. The monoisotopic (exact) mass is 468 g/mol. The minimum absolute atomic E-state index is 0.323. The fourth-order valence-corrected chi connectivity index (χ4v) is 5.14. The second-order valence-corrected chi connectivity index (χ2v) is 9.37. The Morgan fingerprint density at radius 1 is 0.969 bits per heavy atom. The maximum Gasteiger partial charge on any atom is 0.341 e. The summed E-state index contributed by atoms with van der Waals surface area (Å²) in [6.45, 7) is 2.18. The zero-order valence-corrected chi connectivity index (χ0v) is 19.5. The molecule has 4 rings (SSSR count). The lowest BCUT2D eigenvalue weighted by molar-refractivity contribution is -0.139. The maximum atomic E-state index is 10.9. The number of benzene rings is 3. The summed E-state index contributed by atoms with van der Waals surface area (Å²) < 4.78 is 11.4. The number of fused-ring (bicyclic) bond motifs is 1. The van der Waals surface area contributed by atoms with Crippen molar-refractivity contribution in [2.45, 2.75) is 49.0 Å². The molecule has 0 saturated heterocycles. The van der Waals surface area contributed by atoms with Crippen molar-refractivity contribution in [1.29, 1.82) is 0 Å². The molecule has 0 amide bonds. The zero-order chi connectivity index (χ0) is 22.5. The Bertz CT molecular complexity index is 1110. The van der Waals surface area contributed by atoms with Gasteiger partial charge in [-0.05, 0) is 85.7 Å². The summed E-state index contributed by atoms with van der Waals surface area (Å²) in [7, 11) is 0. The van der Waals surface area contributed by atoms with Crippen LogP contribution in [0.4, 0.5) is 0 Å². The van der Waals surface area contributed by atoms with Gasteiger partial charge in [0, 0.05) is 9.79 Å². The topological polar surface area (TPSA) is 55.8 Å². The van der Waals surface area contributed by atoms with Gasteiger partial charge in [0.25, 0.3) is 0 Å². The van der Waals surface area contributed by atoms with Crippen LogP contribution in [0.15, 0.2) is 64.4 Å². The maximum absolute atomic E-state index is 10.9. The van der Waals surface area contributed by atoms with E-state index in [4.69, 9.17) is 26.2 Å². The Hall–Kier alpha value is -2.63. The summed E-state index contributed by atoms with van der Waals surface area (Å²) in [5.41, 5.74) is 4.58. The second kappa shape index (κ2) is 10.3. The standard InChI is InChI=1S/C26H25ClO4S/c1-17-6-9-19(10-7-17)30-15-18-8-12-25(22(27)14-18)32-24-13-11-23(31-16-26(28)29)20-4-2-3-5-21(20)24/h6-14H,2-5,15-16H2,1H3,(H,28,29). The van der Waals surface area contributed by atoms with Gasteiger partial charge in [0.15, 0.2) is 6.61 Å². The van der Waals surface area contributed by atoms with Crippen LogP contribution in [-0.4, -0.2) is 17.7 Å². The lowest BCUT2D eigenvalue weighted by Crippen LogP contribution is -2.13. The van der Waals surface area contributed by atoms with E-state index in [-0.39, 0.29) is 6.61 Å². The first-order chi connectivity index (χ1) is 15.5. The Kier molecular flexibility index (Phi) is 7.28. The van der Waals surface area contributed by atoms with Crippen molar-refractivity contribution < 1.29 is 19.4 Å². The van der Waals surface area contributed by atoms with Crippen LogP contribution >= 0.6 is 23.4 Å². The van der Waals surface area contributed by atoms with Gasteiger partial charge in [-0.15, -0.1) is 0 Å². The lowest BCUT2D eigenvalue weighted by Gasteiger charge is -2.22. The SMILES string of the molecule is Cc1ccc(OCc2ccc(Sc3ccc(OCC(=O)O)c4c3CCCC4)c(Cl)c2)cc1. The molecule has 0 aliphatic heterocycles. The van der Waals surface area contributed by atoms with E-state index in [1.165, 1.54) is 11.1 Å². The van der Waals surface area contributed by atoms with Crippen molar-refractivity contribution in [3.63, 3.8) is 0 Å². The predicted molar refractivity (Wildman–Crippen MR) is 127 cm³/mol. The molecule has 1 aliphatic rings. The predicted octanol–water partition coefficient (Wildman–Crippen LogP) is 6.72. The fraction of sp³-hybridized carbons (Fsp3) is 0.269. The Balaban J connectivity index is 1.48. The summed E-state index contributed by atoms with van der Waals surface area (Å²) in [4.78, 5) is 13.0. The van der Waals surface area contributed by atoms with E-state index in [1.54, 1.807) is 11.8 Å². The summed E-state index contributed by atoms with van der Waals surface area (Å²) >= 11 is 8.26. The molecule has 1 N–H and O–H groups in total. The molecule has 166 valence electrons. The van der Waals surface area contributed by atoms with E-state index in [1.807, 2.05) is 61.5 Å². The molecule has 0 saturated carbocycles. The van der Waals surface area contributed by atoms with Gasteiger partial charge in [-0.2, -0.15) is 0 Å². The fourth-order valence-electron chi connectivity index (χ4n) is 3.81. The molecule has 0 atom stereocenters. The first-order valence-corrected chi connectivity index (χ1v) is 11.8. The lowest BCUT2D eigenvalue weighted by atomic mass is 9.91. The quantitative estimate of drug-likeness (QED) is 0.397. The van der Waals surface area contributed by atoms with Crippen molar-refractivity contribution in [3.05, 3.63) is 81.9 Å². The number of aryl methyl sites for hydroxylation is 1. The highest BCUT2D eigenvalue weighted by atomic mass is 35.5. The number of carboxylic acid groups (broad SMARTS) is 1. The van der Waals surface area contributed by atoms with Crippen molar-refractivity contribution in [3.8, 4) is 11.5 Å². The van der Waals surface area contributed by atoms with Crippen LogP contribution in [0, 0.1) is 6.92 Å². The van der Waals surface area contributed by atoms with E-state index in [0.29, 0.717) is 17.4 Å². The minimum Gasteiger partial charge on any atom is -0.489 e. The van der Waals surface area contributed by atoms with Gasteiger partial charge in [0.05, 0.1) is 5.02 Å². The van der Waals surface area contributed by atoms with Crippen LogP contribution < -0.4 is 9.47 Å². The normalized spacial score (nSPS) is 12.8. The third kappa shape index (κ3) is 5.59. The highest BCUT2D eigenvalue weighted by molar-refractivity contribution is 7.99. The number of halogens is 1. The Labute approximate surface area is 197 Å². The highest BCUT2D eigenvalue weighted by Gasteiger charge is 2.20. The number of hydrogen-bond acceptors (Lipinski definition) is 4. The van der Waals surface area contributed by atoms with Gasteiger partial charge in [0.1, 0.15) is 18.1 Å². The number of aliphatic carboxylic acids is 1. The van der Waals surface area contributed by atoms with Crippen LogP contribution in [-0.2, 0) is 24.2 Å². The number of carboxylic acids is 1. The van der Waals surface area contributed by atoms with Gasteiger partial charge in [-0.3, -0.25) is 0 Å². The van der Waals surface area contributed by atoms with Crippen molar-refractivity contribution in [1.82, 2.24) is 0 Å². The number of hydrogen-bond donors (Lipinski definition) is 1. The first-order valence-electron chi connectivity index (χ1n) is 10.6. The number of carbonyl (C=O) groups is 1. The van der Waals surface area contributed by atoms with Crippen LogP contribution in [0.25, 0.3) is 0 Å². The van der Waals surface area contributed by atoms with E-state index in [0.717, 1.165) is 52.4 Å². The molecule has 3 aromatic rings.